The second kappa shape index (κ2) is 9.36. The van der Waals surface area contributed by atoms with Gasteiger partial charge in [-0.2, -0.15) is 8.75 Å². The van der Waals surface area contributed by atoms with E-state index in [1.165, 1.54) is 37.0 Å². The van der Waals surface area contributed by atoms with Crippen LogP contribution in [0.1, 0.15) is 44.1 Å². The highest BCUT2D eigenvalue weighted by molar-refractivity contribution is 6.99. The van der Waals surface area contributed by atoms with Gasteiger partial charge in [-0.3, -0.25) is 4.99 Å². The fourth-order valence-electron chi connectivity index (χ4n) is 2.84. The number of rotatable bonds is 7. The Morgan fingerprint density at radius 3 is 2.96 bits per heavy atom. The summed E-state index contributed by atoms with van der Waals surface area (Å²) in [5, 5.41) is 3.17. The first-order valence-electron chi connectivity index (χ1n) is 8.91. The lowest BCUT2D eigenvalue weighted by molar-refractivity contribution is 0.315. The van der Waals surface area contributed by atoms with E-state index < -0.39 is 0 Å². The second-order valence-corrected chi connectivity index (χ2v) is 6.68. The number of hydrogen-bond donors (Lipinski definition) is 2. The van der Waals surface area contributed by atoms with Gasteiger partial charge >= 0.3 is 0 Å². The molecule has 1 aliphatic rings. The molecule has 1 aromatic heterocycles. The van der Waals surface area contributed by atoms with E-state index in [9.17, 15) is 0 Å². The fraction of sp³-hybridized carbons (Fsp3) is 0.500. The number of nitrogens with one attached hydrogen (secondary N) is 1. The lowest BCUT2D eigenvalue weighted by Gasteiger charge is -2.12. The Bertz CT molecular complexity index is 700. The number of aliphatic imine (C=N–C) groups is 1. The minimum atomic E-state index is 0.457. The number of aromatic nitrogens is 2. The summed E-state index contributed by atoms with van der Waals surface area (Å²) < 4.78 is 13.9. The normalized spacial score (nSPS) is 15.1. The van der Waals surface area contributed by atoms with Crippen molar-refractivity contribution in [2.75, 3.05) is 30.7 Å². The maximum Gasteiger partial charge on any atom is 0.184 e. The predicted octanol–water partition coefficient (Wildman–Crippen LogP) is 3.75. The summed E-state index contributed by atoms with van der Waals surface area (Å²) in [6.07, 6.45) is 6.96. The van der Waals surface area contributed by atoms with Crippen LogP contribution < -0.4 is 15.8 Å². The average molecular weight is 359 g/mol. The zero-order valence-electron chi connectivity index (χ0n) is 14.4. The maximum absolute atomic E-state index is 5.88. The molecular weight excluding hydrogens is 334 g/mol. The van der Waals surface area contributed by atoms with Crippen LogP contribution in [-0.2, 0) is 0 Å². The Morgan fingerprint density at radius 1 is 1.16 bits per heavy atom. The summed E-state index contributed by atoms with van der Waals surface area (Å²) in [6, 6.07) is 8.29. The van der Waals surface area contributed by atoms with Crippen molar-refractivity contribution in [3.63, 3.8) is 0 Å². The van der Waals surface area contributed by atoms with Gasteiger partial charge in [-0.15, -0.1) is 0 Å². The molecule has 0 unspecified atom stereocenters. The molecule has 0 amide bonds. The van der Waals surface area contributed by atoms with Crippen molar-refractivity contribution in [2.45, 2.75) is 38.5 Å². The highest BCUT2D eigenvalue weighted by Crippen LogP contribution is 2.19. The van der Waals surface area contributed by atoms with Gasteiger partial charge in [-0.25, -0.2) is 0 Å². The molecule has 6 nitrogen and oxygen atoms in total. The van der Waals surface area contributed by atoms with E-state index in [0.29, 0.717) is 18.2 Å². The van der Waals surface area contributed by atoms with Gasteiger partial charge in [0, 0.05) is 18.8 Å². The third-order valence-electron chi connectivity index (χ3n) is 4.19. The van der Waals surface area contributed by atoms with Crippen molar-refractivity contribution >= 4 is 29.1 Å². The zero-order valence-corrected chi connectivity index (χ0v) is 15.2. The maximum atomic E-state index is 5.88. The molecule has 3 rings (SSSR count). The van der Waals surface area contributed by atoms with E-state index in [0.717, 1.165) is 43.4 Å². The molecule has 0 bridgehead atoms. The SMILES string of the molecule is Nc1nsnc1NCCCOc1cccc(C2=NCCCCCC2)c1. The van der Waals surface area contributed by atoms with Gasteiger partial charge in [0.1, 0.15) is 5.75 Å². The van der Waals surface area contributed by atoms with Crippen molar-refractivity contribution in [1.82, 2.24) is 8.75 Å². The standard InChI is InChI=1S/C18H25N5OS/c19-17-18(23-25-22-17)21-11-6-12-24-15-8-5-7-14(13-15)16-9-3-1-2-4-10-20-16/h5,7-8,13H,1-4,6,9-12H2,(H2,19,22)(H,21,23). The van der Waals surface area contributed by atoms with Gasteiger partial charge in [-0.05, 0) is 43.4 Å². The van der Waals surface area contributed by atoms with Gasteiger partial charge in [0.25, 0.3) is 0 Å². The molecule has 2 aromatic rings. The lowest BCUT2D eigenvalue weighted by Crippen LogP contribution is -2.09. The zero-order chi connectivity index (χ0) is 17.3. The molecule has 3 N–H and O–H groups in total. The van der Waals surface area contributed by atoms with E-state index >= 15 is 0 Å². The smallest absolute Gasteiger partial charge is 0.184 e. The van der Waals surface area contributed by atoms with E-state index in [2.05, 4.69) is 26.2 Å². The third kappa shape index (κ3) is 5.42. The number of benzene rings is 1. The van der Waals surface area contributed by atoms with Crippen LogP contribution in [0.2, 0.25) is 0 Å². The summed E-state index contributed by atoms with van der Waals surface area (Å²) in [4.78, 5) is 4.77. The Hall–Kier alpha value is -2.15. The van der Waals surface area contributed by atoms with E-state index in [1.807, 2.05) is 12.1 Å². The molecule has 0 radical (unpaired) electrons. The third-order valence-corrected chi connectivity index (χ3v) is 4.73. The van der Waals surface area contributed by atoms with Crippen LogP contribution in [-0.4, -0.2) is 34.2 Å². The Morgan fingerprint density at radius 2 is 2.08 bits per heavy atom. The van der Waals surface area contributed by atoms with E-state index in [-0.39, 0.29) is 0 Å². The molecule has 7 heteroatoms. The number of nitrogens with zero attached hydrogens (tertiary/aromatic N) is 3. The Balaban J connectivity index is 1.47. The molecule has 0 saturated carbocycles. The molecule has 134 valence electrons. The molecular formula is C18H25N5OS. The van der Waals surface area contributed by atoms with Crippen LogP contribution in [0.5, 0.6) is 5.75 Å². The number of anilines is 2. The van der Waals surface area contributed by atoms with Gasteiger partial charge in [0.15, 0.2) is 11.6 Å². The predicted molar refractivity (Wildman–Crippen MR) is 104 cm³/mol. The Labute approximate surface area is 152 Å². The van der Waals surface area contributed by atoms with Gasteiger partial charge in [0.05, 0.1) is 18.3 Å². The number of nitrogen functional groups attached to an aromatic ring is 1. The molecule has 1 aliphatic heterocycles. The molecule has 0 aliphatic carbocycles. The van der Waals surface area contributed by atoms with E-state index in [1.54, 1.807) is 0 Å². The number of nitrogens with two attached hydrogens (primary N) is 1. The minimum absolute atomic E-state index is 0.457. The first-order chi connectivity index (χ1) is 12.3. The molecule has 0 fully saturated rings. The van der Waals surface area contributed by atoms with Gasteiger partial charge < -0.3 is 15.8 Å². The molecule has 0 atom stereocenters. The van der Waals surface area contributed by atoms with E-state index in [4.69, 9.17) is 15.5 Å². The Kier molecular flexibility index (Phi) is 6.62. The van der Waals surface area contributed by atoms with Gasteiger partial charge in [0.2, 0.25) is 0 Å². The van der Waals surface area contributed by atoms with Crippen molar-refractivity contribution in [3.05, 3.63) is 29.8 Å². The molecule has 0 saturated heterocycles. The molecule has 0 spiro atoms. The second-order valence-electron chi connectivity index (χ2n) is 6.15. The first-order valence-corrected chi connectivity index (χ1v) is 9.64. The number of ether oxygens (including phenoxy) is 1. The lowest BCUT2D eigenvalue weighted by atomic mass is 10.0. The summed E-state index contributed by atoms with van der Waals surface area (Å²) in [5.74, 6) is 2.02. The van der Waals surface area contributed by atoms with Crippen LogP contribution in [0, 0.1) is 0 Å². The van der Waals surface area contributed by atoms with Gasteiger partial charge in [-0.1, -0.05) is 25.0 Å². The highest BCUT2D eigenvalue weighted by Gasteiger charge is 2.08. The average Bonchev–Trinajstić information content (AvgIpc) is 3.00. The fourth-order valence-corrected chi connectivity index (χ4v) is 3.29. The first kappa shape index (κ1) is 17.7. The molecule has 1 aromatic carbocycles. The van der Waals surface area contributed by atoms with Crippen LogP contribution in [0.4, 0.5) is 11.6 Å². The van der Waals surface area contributed by atoms with Crippen LogP contribution in [0.3, 0.4) is 0 Å². The summed E-state index contributed by atoms with van der Waals surface area (Å²) >= 11 is 1.11. The van der Waals surface area contributed by atoms with Crippen LogP contribution in [0.25, 0.3) is 0 Å². The van der Waals surface area contributed by atoms with Crippen LogP contribution in [0.15, 0.2) is 29.3 Å². The topological polar surface area (TPSA) is 85.4 Å². The summed E-state index contributed by atoms with van der Waals surface area (Å²) in [5.41, 5.74) is 8.10. The van der Waals surface area contributed by atoms with Crippen molar-refractivity contribution < 1.29 is 4.74 Å². The highest BCUT2D eigenvalue weighted by atomic mass is 32.1. The largest absolute Gasteiger partial charge is 0.494 e. The monoisotopic (exact) mass is 359 g/mol. The van der Waals surface area contributed by atoms with Crippen molar-refractivity contribution in [2.24, 2.45) is 4.99 Å². The summed E-state index contributed by atoms with van der Waals surface area (Å²) in [7, 11) is 0. The van der Waals surface area contributed by atoms with Crippen molar-refractivity contribution in [1.29, 1.82) is 0 Å². The molecule has 2 heterocycles. The quantitative estimate of drug-likeness (QED) is 0.735. The van der Waals surface area contributed by atoms with Crippen molar-refractivity contribution in [3.8, 4) is 5.75 Å². The number of hydrogen-bond acceptors (Lipinski definition) is 7. The minimum Gasteiger partial charge on any atom is -0.494 e. The van der Waals surface area contributed by atoms with Crippen LogP contribution >= 0.6 is 11.7 Å². The molecule has 25 heavy (non-hydrogen) atoms. The summed E-state index contributed by atoms with van der Waals surface area (Å²) in [6.45, 7) is 2.34.